The van der Waals surface area contributed by atoms with E-state index in [1.165, 1.54) is 0 Å². The highest BCUT2D eigenvalue weighted by atomic mass is 14.9. The third kappa shape index (κ3) is 2.67. The minimum atomic E-state index is 0.0460. The molecule has 0 bridgehead atoms. The molecule has 0 aliphatic carbocycles. The van der Waals surface area contributed by atoms with Crippen molar-refractivity contribution >= 4 is 11.4 Å². The maximum Gasteiger partial charge on any atom is 0.0874 e. The lowest BCUT2D eigenvalue weighted by atomic mass is 10.1. The fourth-order valence-electron chi connectivity index (χ4n) is 1.21. The minimum Gasteiger partial charge on any atom is -0.396 e. The Hall–Kier alpha value is -1.69. The minimum absolute atomic E-state index is 0.0460. The molecule has 1 aromatic rings. The van der Waals surface area contributed by atoms with Gasteiger partial charge in [-0.3, -0.25) is 4.98 Å². The van der Waals surface area contributed by atoms with Gasteiger partial charge in [-0.05, 0) is 12.5 Å². The van der Waals surface area contributed by atoms with E-state index in [0.717, 1.165) is 18.5 Å². The molecule has 0 aromatic carbocycles. The Bertz CT molecular complexity index is 328. The molecule has 0 radical (unpaired) electrons. The Morgan fingerprint density at radius 1 is 1.71 bits per heavy atom. The molecular formula is C11H15N3. The number of anilines is 2. The van der Waals surface area contributed by atoms with Gasteiger partial charge in [0.05, 0.1) is 23.6 Å². The molecule has 14 heavy (non-hydrogen) atoms. The Kier molecular flexibility index (Phi) is 3.81. The molecule has 1 unspecified atom stereocenters. The quantitative estimate of drug-likeness (QED) is 0.711. The van der Waals surface area contributed by atoms with Crippen LogP contribution in [-0.2, 0) is 0 Å². The van der Waals surface area contributed by atoms with Crippen molar-refractivity contribution in [1.29, 1.82) is 0 Å². The second kappa shape index (κ2) is 5.13. The van der Waals surface area contributed by atoms with Gasteiger partial charge in [0.1, 0.15) is 0 Å². The van der Waals surface area contributed by atoms with Gasteiger partial charge in [-0.1, -0.05) is 19.3 Å². The monoisotopic (exact) mass is 189 g/mol. The van der Waals surface area contributed by atoms with Crippen molar-refractivity contribution in [3.8, 4) is 12.3 Å². The van der Waals surface area contributed by atoms with Crippen molar-refractivity contribution in [1.82, 2.24) is 4.98 Å². The molecule has 0 amide bonds. The number of nitrogens with one attached hydrogen (secondary N) is 1. The fourth-order valence-corrected chi connectivity index (χ4v) is 1.21. The molecule has 74 valence electrons. The molecule has 1 atom stereocenters. The number of rotatable bonds is 4. The summed E-state index contributed by atoms with van der Waals surface area (Å²) in [6, 6.07) is 1.87. The Morgan fingerprint density at radius 3 is 3.07 bits per heavy atom. The Balaban J connectivity index is 2.68. The number of nitrogens with zero attached hydrogens (tertiary/aromatic N) is 1. The van der Waals surface area contributed by atoms with E-state index in [4.69, 9.17) is 12.2 Å². The van der Waals surface area contributed by atoms with E-state index in [1.54, 1.807) is 12.4 Å². The molecule has 3 heteroatoms. The maximum absolute atomic E-state index is 5.73. The number of terminal acetylenes is 1. The van der Waals surface area contributed by atoms with Crippen LogP contribution in [0.1, 0.15) is 19.8 Å². The number of hydrogen-bond acceptors (Lipinski definition) is 3. The second-order valence-electron chi connectivity index (χ2n) is 3.12. The summed E-state index contributed by atoms with van der Waals surface area (Å²) in [5, 5.41) is 3.20. The topological polar surface area (TPSA) is 50.9 Å². The molecule has 1 aromatic heterocycles. The lowest BCUT2D eigenvalue weighted by Gasteiger charge is -2.14. The predicted molar refractivity (Wildman–Crippen MR) is 59.8 cm³/mol. The number of nitrogens with two attached hydrogens (primary N) is 1. The molecule has 0 spiro atoms. The molecule has 1 rings (SSSR count). The summed E-state index contributed by atoms with van der Waals surface area (Å²) in [7, 11) is 0. The standard InChI is InChI=1S/C11H15N3/c1-3-5-9(4-2)14-11-6-7-13-8-10(11)12/h2,6-9H,3,5,12H2,1H3,(H,13,14). The smallest absolute Gasteiger partial charge is 0.0874 e. The van der Waals surface area contributed by atoms with Crippen molar-refractivity contribution in [2.75, 3.05) is 11.1 Å². The van der Waals surface area contributed by atoms with Crippen LogP contribution in [0.2, 0.25) is 0 Å². The first-order valence-electron chi connectivity index (χ1n) is 4.70. The zero-order valence-corrected chi connectivity index (χ0v) is 8.33. The molecule has 0 aliphatic rings. The van der Waals surface area contributed by atoms with Gasteiger partial charge in [0.15, 0.2) is 0 Å². The van der Waals surface area contributed by atoms with Crippen LogP contribution in [0.4, 0.5) is 11.4 Å². The highest BCUT2D eigenvalue weighted by molar-refractivity contribution is 5.65. The number of aromatic nitrogens is 1. The SMILES string of the molecule is C#CC(CCC)Nc1ccncc1N. The third-order valence-electron chi connectivity index (χ3n) is 1.96. The second-order valence-corrected chi connectivity index (χ2v) is 3.12. The van der Waals surface area contributed by atoms with E-state index in [2.05, 4.69) is 23.1 Å². The van der Waals surface area contributed by atoms with Crippen molar-refractivity contribution in [2.45, 2.75) is 25.8 Å². The largest absolute Gasteiger partial charge is 0.396 e. The lowest BCUT2D eigenvalue weighted by molar-refractivity contribution is 0.756. The normalized spacial score (nSPS) is 11.7. The summed E-state index contributed by atoms with van der Waals surface area (Å²) in [6.07, 6.45) is 10.7. The number of pyridine rings is 1. The van der Waals surface area contributed by atoms with Crippen molar-refractivity contribution in [3.05, 3.63) is 18.5 Å². The lowest BCUT2D eigenvalue weighted by Crippen LogP contribution is -2.17. The first-order chi connectivity index (χ1) is 6.77. The van der Waals surface area contributed by atoms with Gasteiger partial charge >= 0.3 is 0 Å². The van der Waals surface area contributed by atoms with Crippen molar-refractivity contribution in [2.24, 2.45) is 0 Å². The average Bonchev–Trinajstić information content (AvgIpc) is 2.20. The molecule has 3 nitrogen and oxygen atoms in total. The molecule has 1 heterocycles. The summed E-state index contributed by atoms with van der Waals surface area (Å²) in [6.45, 7) is 2.10. The van der Waals surface area contributed by atoms with Gasteiger partial charge in [0.2, 0.25) is 0 Å². The Labute approximate surface area is 84.7 Å². The first kappa shape index (κ1) is 10.4. The average molecular weight is 189 g/mol. The van der Waals surface area contributed by atoms with Gasteiger partial charge in [-0.25, -0.2) is 0 Å². The summed E-state index contributed by atoms with van der Waals surface area (Å²) in [4.78, 5) is 3.91. The summed E-state index contributed by atoms with van der Waals surface area (Å²) in [5.41, 5.74) is 7.21. The van der Waals surface area contributed by atoms with E-state index in [1.807, 2.05) is 6.07 Å². The van der Waals surface area contributed by atoms with Crippen LogP contribution >= 0.6 is 0 Å². The van der Waals surface area contributed by atoms with E-state index in [9.17, 15) is 0 Å². The number of nitrogen functional groups attached to an aromatic ring is 1. The van der Waals surface area contributed by atoms with Gasteiger partial charge in [0.25, 0.3) is 0 Å². The van der Waals surface area contributed by atoms with E-state index >= 15 is 0 Å². The van der Waals surface area contributed by atoms with E-state index < -0.39 is 0 Å². The highest BCUT2D eigenvalue weighted by Gasteiger charge is 2.04. The molecule has 0 saturated heterocycles. The molecule has 0 fully saturated rings. The van der Waals surface area contributed by atoms with Crippen molar-refractivity contribution < 1.29 is 0 Å². The summed E-state index contributed by atoms with van der Waals surface area (Å²) < 4.78 is 0. The van der Waals surface area contributed by atoms with Crippen molar-refractivity contribution in [3.63, 3.8) is 0 Å². The molecule has 3 N–H and O–H groups in total. The zero-order chi connectivity index (χ0) is 10.4. The molecule has 0 aliphatic heterocycles. The van der Waals surface area contributed by atoms with E-state index in [-0.39, 0.29) is 6.04 Å². The molecular weight excluding hydrogens is 174 g/mol. The van der Waals surface area contributed by atoms with Gasteiger partial charge in [0, 0.05) is 6.20 Å². The fraction of sp³-hybridized carbons (Fsp3) is 0.364. The Morgan fingerprint density at radius 2 is 2.50 bits per heavy atom. The summed E-state index contributed by atoms with van der Waals surface area (Å²) >= 11 is 0. The first-order valence-corrected chi connectivity index (χ1v) is 4.70. The van der Waals surface area contributed by atoms with Crippen LogP contribution in [0.15, 0.2) is 18.5 Å². The predicted octanol–water partition coefficient (Wildman–Crippen LogP) is 1.88. The van der Waals surface area contributed by atoms with Crippen LogP contribution in [-0.4, -0.2) is 11.0 Å². The van der Waals surface area contributed by atoms with Crippen LogP contribution in [0.5, 0.6) is 0 Å². The van der Waals surface area contributed by atoms with Gasteiger partial charge in [-0.2, -0.15) is 0 Å². The van der Waals surface area contributed by atoms with Crippen LogP contribution in [0, 0.1) is 12.3 Å². The molecule has 0 saturated carbocycles. The van der Waals surface area contributed by atoms with E-state index in [0.29, 0.717) is 5.69 Å². The van der Waals surface area contributed by atoms with Crippen LogP contribution in [0.25, 0.3) is 0 Å². The maximum atomic E-state index is 5.73. The zero-order valence-electron chi connectivity index (χ0n) is 8.33. The summed E-state index contributed by atoms with van der Waals surface area (Å²) in [5.74, 6) is 2.69. The van der Waals surface area contributed by atoms with Gasteiger partial charge in [-0.15, -0.1) is 6.42 Å². The third-order valence-corrected chi connectivity index (χ3v) is 1.96. The highest BCUT2D eigenvalue weighted by Crippen LogP contribution is 2.17. The van der Waals surface area contributed by atoms with Crippen LogP contribution in [0.3, 0.4) is 0 Å². The number of hydrogen-bond donors (Lipinski definition) is 2. The van der Waals surface area contributed by atoms with Crippen LogP contribution < -0.4 is 11.1 Å². The van der Waals surface area contributed by atoms with Gasteiger partial charge < -0.3 is 11.1 Å².